The van der Waals surface area contributed by atoms with Crippen molar-refractivity contribution in [2.45, 2.75) is 50.3 Å². The van der Waals surface area contributed by atoms with Crippen LogP contribution in [0.15, 0.2) is 0 Å². The number of amides is 1. The molecule has 2 aliphatic rings. The fraction of sp³-hybridized carbons (Fsp3) is 0.909. The molecule has 2 rings (SSSR count). The first-order valence-corrected chi connectivity index (χ1v) is 6.74. The Kier molecular flexibility index (Phi) is 3.97. The van der Waals surface area contributed by atoms with E-state index in [1.807, 2.05) is 0 Å². The molecule has 17 heavy (non-hydrogen) atoms. The van der Waals surface area contributed by atoms with Gasteiger partial charge >= 0.3 is 0 Å². The zero-order valence-electron chi connectivity index (χ0n) is 10.1. The van der Waals surface area contributed by atoms with E-state index in [0.717, 1.165) is 24.4 Å². The van der Waals surface area contributed by atoms with Gasteiger partial charge in [0.1, 0.15) is 4.75 Å². The SMILES string of the molecule is CC(C)(SOOO)C(=O)NC1CC2CCC1C2. The lowest BCUT2D eigenvalue weighted by molar-refractivity contribution is -0.432. The summed E-state index contributed by atoms with van der Waals surface area (Å²) in [5, 5.41) is 14.7. The van der Waals surface area contributed by atoms with Gasteiger partial charge in [0.2, 0.25) is 5.91 Å². The molecular weight excluding hydrogens is 242 g/mol. The molecule has 0 aromatic rings. The molecule has 3 atom stereocenters. The Hall–Kier alpha value is -0.300. The third-order valence-electron chi connectivity index (χ3n) is 3.87. The topological polar surface area (TPSA) is 67.8 Å². The summed E-state index contributed by atoms with van der Waals surface area (Å²) in [7, 11) is 0. The lowest BCUT2D eigenvalue weighted by Gasteiger charge is -2.27. The number of carbonyl (C=O) groups excluding carboxylic acids is 1. The fourth-order valence-electron chi connectivity index (χ4n) is 2.90. The van der Waals surface area contributed by atoms with Crippen LogP contribution in [0, 0.1) is 11.8 Å². The molecular formula is C11H19NO4S. The van der Waals surface area contributed by atoms with Crippen molar-refractivity contribution in [3.05, 3.63) is 0 Å². The summed E-state index contributed by atoms with van der Waals surface area (Å²) in [4.78, 5) is 12.1. The third-order valence-corrected chi connectivity index (χ3v) is 4.61. The highest BCUT2D eigenvalue weighted by Crippen LogP contribution is 2.44. The van der Waals surface area contributed by atoms with Crippen LogP contribution in [0.3, 0.4) is 0 Å². The van der Waals surface area contributed by atoms with Crippen LogP contribution in [0.1, 0.15) is 39.5 Å². The predicted octanol–water partition coefficient (Wildman–Crippen LogP) is 2.14. The molecule has 0 aliphatic heterocycles. The summed E-state index contributed by atoms with van der Waals surface area (Å²) in [5.74, 6) is 1.38. The van der Waals surface area contributed by atoms with Crippen molar-refractivity contribution in [2.75, 3.05) is 0 Å². The molecule has 0 heterocycles. The summed E-state index contributed by atoms with van der Waals surface area (Å²) in [5.41, 5.74) is 0. The number of rotatable bonds is 5. The summed E-state index contributed by atoms with van der Waals surface area (Å²) < 4.78 is 3.58. The van der Waals surface area contributed by atoms with E-state index in [4.69, 9.17) is 5.26 Å². The van der Waals surface area contributed by atoms with Crippen LogP contribution in [-0.4, -0.2) is 22.0 Å². The van der Waals surface area contributed by atoms with Crippen molar-refractivity contribution in [3.63, 3.8) is 0 Å². The van der Waals surface area contributed by atoms with Gasteiger partial charge in [0.05, 0.1) is 12.0 Å². The van der Waals surface area contributed by atoms with E-state index in [1.54, 1.807) is 13.8 Å². The van der Waals surface area contributed by atoms with Gasteiger partial charge in [-0.15, -0.1) is 4.33 Å². The average Bonchev–Trinajstić information content (AvgIpc) is 2.88. The van der Waals surface area contributed by atoms with Crippen molar-refractivity contribution >= 4 is 17.9 Å². The molecule has 2 saturated carbocycles. The molecule has 1 amide bonds. The zero-order valence-corrected chi connectivity index (χ0v) is 11.0. The van der Waals surface area contributed by atoms with Crippen LogP contribution < -0.4 is 5.32 Å². The van der Waals surface area contributed by atoms with Crippen molar-refractivity contribution in [3.8, 4) is 0 Å². The molecule has 0 aromatic heterocycles. The first kappa shape index (κ1) is 13.1. The Morgan fingerprint density at radius 3 is 2.71 bits per heavy atom. The third kappa shape index (κ3) is 2.93. The molecule has 2 fully saturated rings. The van der Waals surface area contributed by atoms with Gasteiger partial charge in [0.15, 0.2) is 0 Å². The lowest BCUT2D eigenvalue weighted by atomic mass is 9.95. The van der Waals surface area contributed by atoms with Crippen LogP contribution in [0.5, 0.6) is 0 Å². The monoisotopic (exact) mass is 261 g/mol. The van der Waals surface area contributed by atoms with E-state index in [2.05, 4.69) is 14.7 Å². The fourth-order valence-corrected chi connectivity index (χ4v) is 3.24. The van der Waals surface area contributed by atoms with Gasteiger partial charge < -0.3 is 5.32 Å². The Balaban J connectivity index is 1.84. The Labute approximate surface area is 105 Å². The van der Waals surface area contributed by atoms with E-state index in [0.29, 0.717) is 12.0 Å². The lowest BCUT2D eigenvalue weighted by Crippen LogP contribution is -2.47. The molecule has 2 aliphatic carbocycles. The van der Waals surface area contributed by atoms with Gasteiger partial charge in [-0.2, -0.15) is 0 Å². The molecule has 0 aromatic carbocycles. The van der Waals surface area contributed by atoms with Crippen LogP contribution in [-0.2, 0) is 14.2 Å². The second-order valence-corrected chi connectivity index (χ2v) is 6.81. The van der Waals surface area contributed by atoms with Gasteiger partial charge in [-0.25, -0.2) is 5.26 Å². The Morgan fingerprint density at radius 1 is 1.41 bits per heavy atom. The minimum atomic E-state index is -0.773. The van der Waals surface area contributed by atoms with Crippen molar-refractivity contribution in [1.29, 1.82) is 0 Å². The van der Waals surface area contributed by atoms with Crippen LogP contribution >= 0.6 is 12.0 Å². The van der Waals surface area contributed by atoms with Crippen LogP contribution in [0.4, 0.5) is 0 Å². The largest absolute Gasteiger partial charge is 0.352 e. The van der Waals surface area contributed by atoms with E-state index in [-0.39, 0.29) is 5.91 Å². The zero-order chi connectivity index (χ0) is 12.5. The minimum Gasteiger partial charge on any atom is -0.352 e. The number of nitrogens with one attached hydrogen (secondary N) is 1. The number of fused-ring (bicyclic) bond motifs is 2. The Morgan fingerprint density at radius 2 is 2.18 bits per heavy atom. The summed E-state index contributed by atoms with van der Waals surface area (Å²) in [6.45, 7) is 3.47. The molecule has 98 valence electrons. The van der Waals surface area contributed by atoms with Crippen LogP contribution in [0.25, 0.3) is 0 Å². The first-order valence-electron chi connectivity index (χ1n) is 6.00. The van der Waals surface area contributed by atoms with E-state index in [9.17, 15) is 4.79 Å². The number of carbonyl (C=O) groups is 1. The van der Waals surface area contributed by atoms with E-state index < -0.39 is 4.75 Å². The smallest absolute Gasteiger partial charge is 0.238 e. The summed E-state index contributed by atoms with van der Waals surface area (Å²) in [6, 6.07) is 0.316. The van der Waals surface area contributed by atoms with Crippen molar-refractivity contribution < 1.29 is 19.4 Å². The van der Waals surface area contributed by atoms with Gasteiger partial charge in [-0.1, -0.05) is 11.5 Å². The summed E-state index contributed by atoms with van der Waals surface area (Å²) >= 11 is 0.806. The second kappa shape index (κ2) is 5.14. The molecule has 6 heteroatoms. The molecule has 0 spiro atoms. The predicted molar refractivity (Wildman–Crippen MR) is 63.8 cm³/mol. The number of hydrogen-bond donors (Lipinski definition) is 2. The van der Waals surface area contributed by atoms with E-state index >= 15 is 0 Å². The molecule has 2 N–H and O–H groups in total. The maximum atomic E-state index is 12.1. The average molecular weight is 261 g/mol. The quantitative estimate of drug-likeness (QED) is 0.451. The van der Waals surface area contributed by atoms with Gasteiger partial charge in [0.25, 0.3) is 0 Å². The van der Waals surface area contributed by atoms with Crippen molar-refractivity contribution in [1.82, 2.24) is 5.32 Å². The Bertz CT molecular complexity index is 297. The minimum absolute atomic E-state index is 0.0721. The van der Waals surface area contributed by atoms with Gasteiger partial charge in [-0.05, 0) is 44.9 Å². The standard InChI is InChI=1S/C11H19NO4S/c1-11(2,17-16-15-14)10(13)12-9-6-7-3-4-8(9)5-7/h7-9,14H,3-6H2,1-2H3,(H,12,13). The molecule has 0 saturated heterocycles. The summed E-state index contributed by atoms with van der Waals surface area (Å²) in [6.07, 6.45) is 4.92. The number of hydrogen-bond acceptors (Lipinski definition) is 5. The second-order valence-electron chi connectivity index (χ2n) is 5.49. The first-order chi connectivity index (χ1) is 8.03. The molecule has 2 bridgehead atoms. The highest BCUT2D eigenvalue weighted by Gasteiger charge is 2.42. The molecule has 3 unspecified atom stereocenters. The van der Waals surface area contributed by atoms with Crippen LogP contribution in [0.2, 0.25) is 0 Å². The maximum absolute atomic E-state index is 12.1. The van der Waals surface area contributed by atoms with Gasteiger partial charge in [-0.3, -0.25) is 4.79 Å². The highest BCUT2D eigenvalue weighted by molar-refractivity contribution is 7.96. The normalized spacial score (nSPS) is 31.8. The molecule has 5 nitrogen and oxygen atoms in total. The highest BCUT2D eigenvalue weighted by atomic mass is 32.2. The van der Waals surface area contributed by atoms with Gasteiger partial charge in [0, 0.05) is 6.04 Å². The van der Waals surface area contributed by atoms with E-state index in [1.165, 1.54) is 19.3 Å². The molecule has 0 radical (unpaired) electrons. The van der Waals surface area contributed by atoms with Crippen molar-refractivity contribution in [2.24, 2.45) is 11.8 Å². The maximum Gasteiger partial charge on any atom is 0.238 e.